The zero-order valence-electron chi connectivity index (χ0n) is 10.2. The average molecular weight is 326 g/mol. The zero-order chi connectivity index (χ0) is 14.1. The number of halogens is 2. The lowest BCUT2D eigenvalue weighted by Crippen LogP contribution is -2.16. The number of hydrogen-bond donors (Lipinski definition) is 1. The summed E-state index contributed by atoms with van der Waals surface area (Å²) >= 11 is 8.54. The van der Waals surface area contributed by atoms with E-state index in [0.717, 1.165) is 29.3 Å². The van der Waals surface area contributed by atoms with E-state index < -0.39 is 0 Å². The van der Waals surface area contributed by atoms with Gasteiger partial charge in [0.15, 0.2) is 5.15 Å². The van der Waals surface area contributed by atoms with E-state index in [9.17, 15) is 4.39 Å². The van der Waals surface area contributed by atoms with E-state index in [-0.39, 0.29) is 17.0 Å². The number of thioether (sulfide) groups is 1. The minimum Gasteiger partial charge on any atom is -0.368 e. The standard InChI is InChI=1S/C13H9ClFN3S2/c14-12-8(6-16)13(20-18-12)17-10-4-5-19-11-7(10)2-1-3-9(11)15/h1-3,10,17H,4-5H2/t10-/m0/s1. The van der Waals surface area contributed by atoms with E-state index in [1.54, 1.807) is 6.07 Å². The molecule has 3 nitrogen and oxygen atoms in total. The van der Waals surface area contributed by atoms with Crippen molar-refractivity contribution in [2.45, 2.75) is 17.4 Å². The van der Waals surface area contributed by atoms with Crippen molar-refractivity contribution in [1.29, 1.82) is 5.26 Å². The van der Waals surface area contributed by atoms with Crippen molar-refractivity contribution in [3.63, 3.8) is 0 Å². The molecule has 0 radical (unpaired) electrons. The van der Waals surface area contributed by atoms with Crippen LogP contribution in [-0.4, -0.2) is 10.1 Å². The maximum absolute atomic E-state index is 13.8. The van der Waals surface area contributed by atoms with Crippen molar-refractivity contribution in [1.82, 2.24) is 4.37 Å². The smallest absolute Gasteiger partial charge is 0.162 e. The Morgan fingerprint density at radius 1 is 1.50 bits per heavy atom. The van der Waals surface area contributed by atoms with Crippen molar-refractivity contribution < 1.29 is 4.39 Å². The topological polar surface area (TPSA) is 48.7 Å². The van der Waals surface area contributed by atoms with Crippen molar-refractivity contribution in [3.05, 3.63) is 40.3 Å². The minimum atomic E-state index is -0.193. The van der Waals surface area contributed by atoms with Crippen LogP contribution in [-0.2, 0) is 0 Å². The lowest BCUT2D eigenvalue weighted by atomic mass is 10.0. The molecule has 1 aromatic heterocycles. The van der Waals surface area contributed by atoms with Crippen LogP contribution in [0.1, 0.15) is 23.6 Å². The Balaban J connectivity index is 1.94. The predicted molar refractivity (Wildman–Crippen MR) is 79.9 cm³/mol. The molecule has 1 N–H and O–H groups in total. The van der Waals surface area contributed by atoms with Gasteiger partial charge >= 0.3 is 0 Å². The summed E-state index contributed by atoms with van der Waals surface area (Å²) in [6, 6.07) is 7.11. The molecule has 0 saturated carbocycles. The number of fused-ring (bicyclic) bond motifs is 1. The highest BCUT2D eigenvalue weighted by Gasteiger charge is 2.25. The Kier molecular flexibility index (Phi) is 3.83. The maximum atomic E-state index is 13.8. The normalized spacial score (nSPS) is 17.4. The van der Waals surface area contributed by atoms with Gasteiger partial charge in [-0.15, -0.1) is 11.8 Å². The third-order valence-corrected chi connectivity index (χ3v) is 5.40. The SMILES string of the molecule is N#Cc1c(Cl)nsc1N[C@H]1CCSc2c(F)cccc21. The number of rotatable bonds is 2. The Labute approximate surface area is 128 Å². The number of nitrogens with one attached hydrogen (secondary N) is 1. The average Bonchev–Trinajstić information content (AvgIpc) is 2.80. The van der Waals surface area contributed by atoms with E-state index in [4.69, 9.17) is 16.9 Å². The molecule has 102 valence electrons. The number of nitrogens with zero attached hydrogens (tertiary/aromatic N) is 2. The van der Waals surface area contributed by atoms with Gasteiger partial charge in [0, 0.05) is 10.6 Å². The van der Waals surface area contributed by atoms with Crippen molar-refractivity contribution in [3.8, 4) is 6.07 Å². The molecule has 1 aliphatic rings. The first-order chi connectivity index (χ1) is 9.70. The highest BCUT2D eigenvalue weighted by atomic mass is 35.5. The fraction of sp³-hybridized carbons (Fsp3) is 0.231. The summed E-state index contributed by atoms with van der Waals surface area (Å²) in [6.07, 6.45) is 0.863. The van der Waals surface area contributed by atoms with Crippen LogP contribution in [0.15, 0.2) is 23.1 Å². The molecule has 0 aliphatic carbocycles. The fourth-order valence-corrected chi connectivity index (χ4v) is 4.29. The largest absolute Gasteiger partial charge is 0.368 e. The molecule has 7 heteroatoms. The number of anilines is 1. The summed E-state index contributed by atoms with van der Waals surface area (Å²) < 4.78 is 17.8. The lowest BCUT2D eigenvalue weighted by molar-refractivity contribution is 0.585. The minimum absolute atomic E-state index is 0.0226. The van der Waals surface area contributed by atoms with Crippen LogP contribution >= 0.6 is 34.9 Å². The van der Waals surface area contributed by atoms with Crippen LogP contribution in [0.4, 0.5) is 9.39 Å². The van der Waals surface area contributed by atoms with Crippen LogP contribution in [0.3, 0.4) is 0 Å². The second-order valence-corrected chi connectivity index (χ2v) is 6.52. The Morgan fingerprint density at radius 3 is 3.15 bits per heavy atom. The Hall–Kier alpha value is -1.29. The van der Waals surface area contributed by atoms with Crippen LogP contribution in [0.5, 0.6) is 0 Å². The molecule has 2 aromatic rings. The van der Waals surface area contributed by atoms with Crippen molar-refractivity contribution in [2.24, 2.45) is 0 Å². The van der Waals surface area contributed by atoms with Gasteiger partial charge in [-0.05, 0) is 29.6 Å². The first-order valence-electron chi connectivity index (χ1n) is 5.93. The van der Waals surface area contributed by atoms with E-state index >= 15 is 0 Å². The zero-order valence-corrected chi connectivity index (χ0v) is 12.6. The van der Waals surface area contributed by atoms with E-state index in [0.29, 0.717) is 15.5 Å². The molecule has 1 atom stereocenters. The lowest BCUT2D eigenvalue weighted by Gasteiger charge is -2.26. The fourth-order valence-electron chi connectivity index (χ4n) is 2.16. The number of benzene rings is 1. The molecule has 0 unspecified atom stereocenters. The van der Waals surface area contributed by atoms with Gasteiger partial charge in [-0.2, -0.15) is 9.64 Å². The van der Waals surface area contributed by atoms with Gasteiger partial charge in [0.25, 0.3) is 0 Å². The van der Waals surface area contributed by atoms with Gasteiger partial charge in [-0.3, -0.25) is 0 Å². The Bertz CT molecular complexity index is 695. The second-order valence-electron chi connectivity index (χ2n) is 4.28. The third-order valence-electron chi connectivity index (χ3n) is 3.09. The number of aromatic nitrogens is 1. The number of hydrogen-bond acceptors (Lipinski definition) is 5. The third kappa shape index (κ3) is 2.37. The van der Waals surface area contributed by atoms with E-state index in [1.807, 2.05) is 12.1 Å². The maximum Gasteiger partial charge on any atom is 0.162 e. The van der Waals surface area contributed by atoms with Crippen LogP contribution in [0.2, 0.25) is 5.15 Å². The first kappa shape index (κ1) is 13.7. The van der Waals surface area contributed by atoms with Gasteiger partial charge in [-0.25, -0.2) is 4.39 Å². The van der Waals surface area contributed by atoms with Crippen molar-refractivity contribution in [2.75, 3.05) is 11.1 Å². The van der Waals surface area contributed by atoms with Crippen LogP contribution in [0, 0.1) is 17.1 Å². The molecule has 0 saturated heterocycles. The predicted octanol–water partition coefficient (Wildman–Crippen LogP) is 4.46. The monoisotopic (exact) mass is 325 g/mol. The second kappa shape index (κ2) is 5.60. The Morgan fingerprint density at radius 2 is 2.35 bits per heavy atom. The summed E-state index contributed by atoms with van der Waals surface area (Å²) in [6.45, 7) is 0. The molecular weight excluding hydrogens is 317 g/mol. The molecule has 0 amide bonds. The highest BCUT2D eigenvalue weighted by Crippen LogP contribution is 2.40. The molecule has 1 aromatic carbocycles. The molecule has 0 spiro atoms. The van der Waals surface area contributed by atoms with Gasteiger partial charge in [0.05, 0.1) is 6.04 Å². The summed E-state index contributed by atoms with van der Waals surface area (Å²) in [5.41, 5.74) is 1.28. The molecule has 20 heavy (non-hydrogen) atoms. The van der Waals surface area contributed by atoms with E-state index in [2.05, 4.69) is 9.69 Å². The van der Waals surface area contributed by atoms with Gasteiger partial charge in [0.1, 0.15) is 22.5 Å². The molecule has 0 bridgehead atoms. The van der Waals surface area contributed by atoms with Crippen LogP contribution in [0.25, 0.3) is 0 Å². The summed E-state index contributed by atoms with van der Waals surface area (Å²) in [4.78, 5) is 0.686. The molecular formula is C13H9ClFN3S2. The molecule has 2 heterocycles. The summed E-state index contributed by atoms with van der Waals surface area (Å²) in [5.74, 6) is 0.641. The van der Waals surface area contributed by atoms with Crippen molar-refractivity contribution >= 4 is 39.9 Å². The summed E-state index contributed by atoms with van der Waals surface area (Å²) in [7, 11) is 0. The summed E-state index contributed by atoms with van der Waals surface area (Å²) in [5, 5.41) is 13.2. The van der Waals surface area contributed by atoms with Crippen LogP contribution < -0.4 is 5.32 Å². The molecule has 3 rings (SSSR count). The quantitative estimate of drug-likeness (QED) is 0.885. The van der Waals surface area contributed by atoms with E-state index in [1.165, 1.54) is 17.8 Å². The first-order valence-corrected chi connectivity index (χ1v) is 8.07. The molecule has 0 fully saturated rings. The van der Waals surface area contributed by atoms with Gasteiger partial charge in [0.2, 0.25) is 0 Å². The number of nitriles is 1. The molecule has 1 aliphatic heterocycles. The van der Waals surface area contributed by atoms with Gasteiger partial charge in [-0.1, -0.05) is 23.7 Å². The highest BCUT2D eigenvalue weighted by molar-refractivity contribution is 7.99. The van der Waals surface area contributed by atoms with Gasteiger partial charge < -0.3 is 5.32 Å².